The fraction of sp³-hybridized carbons (Fsp3) is 0.353. The van der Waals surface area contributed by atoms with E-state index in [4.69, 9.17) is 4.42 Å². The molecule has 0 spiro atoms. The fourth-order valence-electron chi connectivity index (χ4n) is 2.63. The Labute approximate surface area is 154 Å². The van der Waals surface area contributed by atoms with Gasteiger partial charge in [0.1, 0.15) is 5.76 Å². The summed E-state index contributed by atoms with van der Waals surface area (Å²) in [6.07, 6.45) is 1.66. The first-order chi connectivity index (χ1) is 12.0. The second kappa shape index (κ2) is 7.45. The van der Waals surface area contributed by atoms with Gasteiger partial charge in [0, 0.05) is 24.0 Å². The summed E-state index contributed by atoms with van der Waals surface area (Å²) in [6, 6.07) is 5.76. The molecule has 3 aromatic heterocycles. The van der Waals surface area contributed by atoms with E-state index in [1.165, 1.54) is 23.1 Å². The molecular weight excluding hydrogens is 356 g/mol. The number of Topliss-reactive ketones (excluding diaryl/α,β-unsaturated/α-hetero) is 1. The van der Waals surface area contributed by atoms with Gasteiger partial charge in [0.05, 0.1) is 18.1 Å². The van der Waals surface area contributed by atoms with Gasteiger partial charge in [-0.1, -0.05) is 23.1 Å². The molecule has 6 nitrogen and oxygen atoms in total. The van der Waals surface area contributed by atoms with E-state index in [1.807, 2.05) is 39.0 Å². The van der Waals surface area contributed by atoms with E-state index in [1.54, 1.807) is 13.3 Å². The lowest BCUT2D eigenvalue weighted by molar-refractivity contribution is 0.0993. The highest BCUT2D eigenvalue weighted by Crippen LogP contribution is 2.31. The average molecular weight is 377 g/mol. The summed E-state index contributed by atoms with van der Waals surface area (Å²) in [6.45, 7) is 6.52. The summed E-state index contributed by atoms with van der Waals surface area (Å²) in [4.78, 5) is 12.9. The van der Waals surface area contributed by atoms with Crippen LogP contribution in [0, 0.1) is 13.8 Å². The zero-order valence-corrected chi connectivity index (χ0v) is 16.2. The number of anilines is 1. The first-order valence-electron chi connectivity index (χ1n) is 7.90. The Morgan fingerprint density at radius 2 is 2.24 bits per heavy atom. The monoisotopic (exact) mass is 376 g/mol. The molecule has 1 atom stereocenters. The molecule has 132 valence electrons. The van der Waals surface area contributed by atoms with E-state index in [9.17, 15) is 4.79 Å². The molecule has 3 aromatic rings. The topological polar surface area (TPSA) is 73.0 Å². The SMILES string of the molecule is CNc1nnc(S[C@H](C)C(=O)c2cc(C)n(Cc3ccco3)c2C)s1. The van der Waals surface area contributed by atoms with Crippen molar-refractivity contribution in [3.05, 3.63) is 47.2 Å². The zero-order chi connectivity index (χ0) is 18.0. The van der Waals surface area contributed by atoms with Crippen molar-refractivity contribution in [3.63, 3.8) is 0 Å². The maximum Gasteiger partial charge on any atom is 0.206 e. The third kappa shape index (κ3) is 3.80. The predicted octanol–water partition coefficient (Wildman–Crippen LogP) is 4.00. The van der Waals surface area contributed by atoms with Crippen molar-refractivity contribution in [2.45, 2.75) is 36.9 Å². The molecule has 0 saturated heterocycles. The van der Waals surface area contributed by atoms with Gasteiger partial charge >= 0.3 is 0 Å². The second-order valence-electron chi connectivity index (χ2n) is 5.70. The van der Waals surface area contributed by atoms with Crippen LogP contribution >= 0.6 is 23.1 Å². The number of carbonyl (C=O) groups excluding carboxylic acids is 1. The maximum atomic E-state index is 12.9. The van der Waals surface area contributed by atoms with Crippen molar-refractivity contribution in [2.24, 2.45) is 0 Å². The van der Waals surface area contributed by atoms with Crippen molar-refractivity contribution in [2.75, 3.05) is 12.4 Å². The number of rotatable bonds is 7. The first-order valence-corrected chi connectivity index (χ1v) is 9.60. The molecule has 0 aromatic carbocycles. The quantitative estimate of drug-likeness (QED) is 0.496. The summed E-state index contributed by atoms with van der Waals surface area (Å²) in [5.41, 5.74) is 2.75. The van der Waals surface area contributed by atoms with E-state index in [2.05, 4.69) is 20.1 Å². The Morgan fingerprint density at radius 1 is 1.44 bits per heavy atom. The van der Waals surface area contributed by atoms with Crippen LogP contribution in [0.3, 0.4) is 0 Å². The molecule has 0 aliphatic rings. The minimum Gasteiger partial charge on any atom is -0.467 e. The molecule has 0 saturated carbocycles. The van der Waals surface area contributed by atoms with Gasteiger partial charge in [-0.15, -0.1) is 10.2 Å². The predicted molar refractivity (Wildman–Crippen MR) is 101 cm³/mol. The highest BCUT2D eigenvalue weighted by Gasteiger charge is 2.23. The maximum absolute atomic E-state index is 12.9. The van der Waals surface area contributed by atoms with Crippen LogP contribution in [0.25, 0.3) is 0 Å². The van der Waals surface area contributed by atoms with Crippen molar-refractivity contribution in [3.8, 4) is 0 Å². The summed E-state index contributed by atoms with van der Waals surface area (Å²) in [7, 11) is 1.80. The average Bonchev–Trinajstić information content (AvgIpc) is 3.32. The molecule has 0 radical (unpaired) electrons. The van der Waals surface area contributed by atoms with Crippen molar-refractivity contribution < 1.29 is 9.21 Å². The molecule has 8 heteroatoms. The van der Waals surface area contributed by atoms with Gasteiger partial charge in [-0.05, 0) is 39.0 Å². The van der Waals surface area contributed by atoms with Crippen LogP contribution in [0.5, 0.6) is 0 Å². The summed E-state index contributed by atoms with van der Waals surface area (Å²) < 4.78 is 8.32. The fourth-order valence-corrected chi connectivity index (χ4v) is 4.55. The lowest BCUT2D eigenvalue weighted by Gasteiger charge is -2.10. The number of thioether (sulfide) groups is 1. The third-order valence-corrected chi connectivity index (χ3v) is 6.13. The van der Waals surface area contributed by atoms with Gasteiger partial charge in [0.15, 0.2) is 10.1 Å². The van der Waals surface area contributed by atoms with Crippen LogP contribution in [-0.2, 0) is 6.54 Å². The standard InChI is InChI=1S/C17H20N4O2S2/c1-10-8-14(11(2)21(10)9-13-6-5-7-23-13)15(22)12(3)24-17-20-19-16(18-4)25-17/h5-8,12H,9H2,1-4H3,(H,18,19)/t12-/m1/s1. The normalized spacial score (nSPS) is 12.3. The Morgan fingerprint density at radius 3 is 2.88 bits per heavy atom. The highest BCUT2D eigenvalue weighted by molar-refractivity contribution is 8.02. The molecule has 0 aliphatic heterocycles. The Balaban J connectivity index is 1.77. The molecule has 25 heavy (non-hydrogen) atoms. The van der Waals surface area contributed by atoms with Crippen LogP contribution in [0.2, 0.25) is 0 Å². The lowest BCUT2D eigenvalue weighted by atomic mass is 10.1. The molecule has 3 heterocycles. The Kier molecular flexibility index (Phi) is 5.29. The molecule has 3 rings (SSSR count). The minimum absolute atomic E-state index is 0.102. The smallest absolute Gasteiger partial charge is 0.206 e. The molecule has 0 bridgehead atoms. The van der Waals surface area contributed by atoms with Crippen LogP contribution in [-0.4, -0.2) is 32.8 Å². The third-order valence-electron chi connectivity index (χ3n) is 4.00. The van der Waals surface area contributed by atoms with Crippen LogP contribution in [0.1, 0.15) is 34.4 Å². The van der Waals surface area contributed by atoms with Crippen LogP contribution in [0.4, 0.5) is 5.13 Å². The number of hydrogen-bond acceptors (Lipinski definition) is 7. The van der Waals surface area contributed by atoms with E-state index in [0.717, 1.165) is 32.2 Å². The zero-order valence-electron chi connectivity index (χ0n) is 14.6. The number of furan rings is 1. The van der Waals surface area contributed by atoms with Gasteiger partial charge < -0.3 is 14.3 Å². The van der Waals surface area contributed by atoms with Crippen LogP contribution in [0.15, 0.2) is 33.2 Å². The minimum atomic E-state index is -0.227. The molecular formula is C17H20N4O2S2. The van der Waals surface area contributed by atoms with Crippen molar-refractivity contribution in [1.82, 2.24) is 14.8 Å². The van der Waals surface area contributed by atoms with Crippen molar-refractivity contribution in [1.29, 1.82) is 0 Å². The first kappa shape index (κ1) is 17.8. The second-order valence-corrected chi connectivity index (χ2v) is 8.26. The number of aromatic nitrogens is 3. The van der Waals surface area contributed by atoms with Gasteiger partial charge in [0.2, 0.25) is 5.13 Å². The van der Waals surface area contributed by atoms with Gasteiger partial charge in [0.25, 0.3) is 0 Å². The van der Waals surface area contributed by atoms with Gasteiger partial charge in [-0.3, -0.25) is 4.79 Å². The number of ketones is 1. The highest BCUT2D eigenvalue weighted by atomic mass is 32.2. The Bertz CT molecular complexity index is 867. The number of carbonyl (C=O) groups is 1. The summed E-state index contributed by atoms with van der Waals surface area (Å²) >= 11 is 2.89. The number of hydrogen-bond donors (Lipinski definition) is 1. The van der Waals surface area contributed by atoms with Crippen LogP contribution < -0.4 is 5.32 Å². The van der Waals surface area contributed by atoms with E-state index in [-0.39, 0.29) is 11.0 Å². The number of aryl methyl sites for hydroxylation is 1. The largest absolute Gasteiger partial charge is 0.467 e. The Hall–Kier alpha value is -2.06. The number of nitrogens with one attached hydrogen (secondary N) is 1. The molecule has 0 unspecified atom stereocenters. The molecule has 1 N–H and O–H groups in total. The number of nitrogens with zero attached hydrogens (tertiary/aromatic N) is 3. The lowest BCUT2D eigenvalue weighted by Crippen LogP contribution is -2.14. The molecule has 0 amide bonds. The molecule has 0 fully saturated rings. The summed E-state index contributed by atoms with van der Waals surface area (Å²) in [5, 5.41) is 11.6. The van der Waals surface area contributed by atoms with Crippen molar-refractivity contribution >= 4 is 34.0 Å². The van der Waals surface area contributed by atoms with Gasteiger partial charge in [-0.25, -0.2) is 0 Å². The van der Waals surface area contributed by atoms with E-state index >= 15 is 0 Å². The van der Waals surface area contributed by atoms with E-state index < -0.39 is 0 Å². The summed E-state index contributed by atoms with van der Waals surface area (Å²) in [5.74, 6) is 0.974. The van der Waals surface area contributed by atoms with Gasteiger partial charge in [-0.2, -0.15) is 0 Å². The van der Waals surface area contributed by atoms with E-state index in [0.29, 0.717) is 6.54 Å². The molecule has 0 aliphatic carbocycles.